The molecule has 0 radical (unpaired) electrons. The molecule has 6 saturated carbocycles. The molecule has 6 aliphatic carbocycles. The summed E-state index contributed by atoms with van der Waals surface area (Å²) in [5, 5.41) is 0. The van der Waals surface area contributed by atoms with Crippen LogP contribution in [0.1, 0.15) is 11.5 Å². The third-order valence-corrected chi connectivity index (χ3v) is 7.61. The number of amides is 1. The molecule has 1 heterocycles. The zero-order chi connectivity index (χ0) is 14.7. The number of nitrogens with two attached hydrogens (primary N) is 1. The molecule has 6 fully saturated rings. The Morgan fingerprint density at radius 3 is 2.14 bits per heavy atom. The monoisotopic (exact) mass is 295 g/mol. The van der Waals surface area contributed by atoms with Gasteiger partial charge in [0.25, 0.3) is 0 Å². The van der Waals surface area contributed by atoms with E-state index >= 15 is 0 Å². The van der Waals surface area contributed by atoms with Crippen molar-refractivity contribution in [3.8, 4) is 0 Å². The molecular weight excluding hydrogens is 283 g/mol. The van der Waals surface area contributed by atoms with Gasteiger partial charge in [-0.25, -0.2) is 4.98 Å². The van der Waals surface area contributed by atoms with E-state index in [-0.39, 0.29) is 16.7 Å². The lowest BCUT2D eigenvalue weighted by molar-refractivity contribution is -0.612. The van der Waals surface area contributed by atoms with Gasteiger partial charge in [-0.15, -0.1) is 0 Å². The lowest BCUT2D eigenvalue weighted by Gasteiger charge is -3.10. The lowest BCUT2D eigenvalue weighted by Crippen LogP contribution is -3.12. The van der Waals surface area contributed by atoms with Gasteiger partial charge in [-0.2, -0.15) is 13.2 Å². The summed E-state index contributed by atoms with van der Waals surface area (Å²) < 4.78 is 40.0. The van der Waals surface area contributed by atoms with Gasteiger partial charge in [0.05, 0.1) is 5.41 Å². The minimum absolute atomic E-state index is 0.157. The number of carbonyl (C=O) groups excluding carboxylic acids is 1. The minimum Gasteiger partial charge on any atom is -0.369 e. The van der Waals surface area contributed by atoms with Crippen LogP contribution in [-0.2, 0) is 23.4 Å². The number of alkyl halides is 3. The highest BCUT2D eigenvalue weighted by atomic mass is 19.4. The summed E-state index contributed by atoms with van der Waals surface area (Å²) in [6.07, 6.45) is -3.32. The number of halogens is 3. The number of nitrogens with zero attached hydrogens (tertiary/aromatic N) is 2. The predicted octanol–water partition coefficient (Wildman–Crippen LogP) is 0.914. The Bertz CT molecular complexity index is 710. The molecule has 7 rings (SSSR count). The van der Waals surface area contributed by atoms with Gasteiger partial charge in [0.15, 0.2) is 5.69 Å². The normalized spacial score (nSPS) is 56.4. The van der Waals surface area contributed by atoms with Crippen molar-refractivity contribution in [1.82, 2.24) is 9.55 Å². The number of carbonyl (C=O) groups is 1. The van der Waals surface area contributed by atoms with Crippen LogP contribution >= 0.6 is 0 Å². The van der Waals surface area contributed by atoms with Crippen molar-refractivity contribution >= 4 is 5.91 Å². The summed E-state index contributed by atoms with van der Waals surface area (Å²) in [7, 11) is 1.64. The summed E-state index contributed by atoms with van der Waals surface area (Å²) in [6, 6.07) is 0. The van der Waals surface area contributed by atoms with E-state index in [1.807, 2.05) is 0 Å². The van der Waals surface area contributed by atoms with Gasteiger partial charge in [0.2, 0.25) is 5.91 Å². The van der Waals surface area contributed by atoms with E-state index in [4.69, 9.17) is 5.73 Å². The number of primary amides is 1. The van der Waals surface area contributed by atoms with Crippen LogP contribution in [0.3, 0.4) is 0 Å². The second kappa shape index (κ2) is 2.40. The quantitative estimate of drug-likeness (QED) is 0.881. The Balaban J connectivity index is 1.43. The molecule has 1 aromatic heterocycles. The van der Waals surface area contributed by atoms with E-state index in [1.54, 1.807) is 11.6 Å². The number of aryl methyl sites for hydroxylation is 1. The number of rotatable bonds is 2. The molecular formula is C14H12F3N3O. The molecule has 110 valence electrons. The molecule has 0 spiro atoms. The minimum atomic E-state index is -4.40. The number of hydrogen-bond donors (Lipinski definition) is 1. The molecule has 21 heavy (non-hydrogen) atoms. The van der Waals surface area contributed by atoms with Crippen LogP contribution in [0.2, 0.25) is 0 Å². The Labute approximate surface area is 117 Å². The first-order valence-corrected chi connectivity index (χ1v) is 7.21. The standard InChI is InChI=1S/C14H12F3N3O/c1-20-2-3(14(15,16)17)19-11(20)13-7-4-8(13)6-9(13)5(7)12(4,6)10(18)21/h2,4-9H,1H3,(H2,18,21). The van der Waals surface area contributed by atoms with Gasteiger partial charge in [0, 0.05) is 18.7 Å². The van der Waals surface area contributed by atoms with Crippen molar-refractivity contribution in [2.75, 3.05) is 0 Å². The van der Waals surface area contributed by atoms with E-state index in [2.05, 4.69) is 4.98 Å². The topological polar surface area (TPSA) is 60.9 Å². The van der Waals surface area contributed by atoms with E-state index in [0.717, 1.165) is 6.20 Å². The summed E-state index contributed by atoms with van der Waals surface area (Å²) in [5.74, 6) is 2.46. The average molecular weight is 295 g/mol. The van der Waals surface area contributed by atoms with Crippen LogP contribution in [0.5, 0.6) is 0 Å². The van der Waals surface area contributed by atoms with Crippen molar-refractivity contribution in [1.29, 1.82) is 0 Å². The third-order valence-electron chi connectivity index (χ3n) is 7.61. The molecule has 6 aliphatic rings. The lowest BCUT2D eigenvalue weighted by atomic mass is 8.92. The molecule has 7 heteroatoms. The first kappa shape index (κ1) is 11.1. The third kappa shape index (κ3) is 0.640. The van der Waals surface area contributed by atoms with E-state index in [9.17, 15) is 18.0 Å². The maximum Gasteiger partial charge on any atom is 0.434 e. The van der Waals surface area contributed by atoms with Gasteiger partial charge in [-0.05, 0) is 35.5 Å². The average Bonchev–Trinajstić information content (AvgIpc) is 2.80. The van der Waals surface area contributed by atoms with Crippen molar-refractivity contribution in [3.63, 3.8) is 0 Å². The second-order valence-electron chi connectivity index (χ2n) is 7.44. The molecule has 1 aromatic rings. The summed E-state index contributed by atoms with van der Waals surface area (Å²) in [4.78, 5) is 15.6. The van der Waals surface area contributed by atoms with Crippen LogP contribution < -0.4 is 5.73 Å². The van der Waals surface area contributed by atoms with E-state index < -0.39 is 11.9 Å². The summed E-state index contributed by atoms with van der Waals surface area (Å²) in [5.41, 5.74) is 4.32. The largest absolute Gasteiger partial charge is 0.434 e. The first-order valence-electron chi connectivity index (χ1n) is 7.21. The van der Waals surface area contributed by atoms with Gasteiger partial charge in [-0.3, -0.25) is 4.79 Å². The van der Waals surface area contributed by atoms with Crippen LogP contribution in [0.25, 0.3) is 0 Å². The van der Waals surface area contributed by atoms with E-state index in [1.165, 1.54) is 0 Å². The Hall–Kier alpha value is -1.53. The highest BCUT2D eigenvalue weighted by molar-refractivity contribution is 5.92. The fourth-order valence-corrected chi connectivity index (χ4v) is 7.47. The van der Waals surface area contributed by atoms with Gasteiger partial charge >= 0.3 is 6.18 Å². The van der Waals surface area contributed by atoms with Crippen molar-refractivity contribution < 1.29 is 18.0 Å². The molecule has 1 amide bonds. The van der Waals surface area contributed by atoms with Gasteiger partial charge < -0.3 is 10.3 Å². The Morgan fingerprint density at radius 2 is 1.76 bits per heavy atom. The van der Waals surface area contributed by atoms with Crippen LogP contribution in [0.4, 0.5) is 13.2 Å². The first-order chi connectivity index (χ1) is 9.80. The van der Waals surface area contributed by atoms with Crippen molar-refractivity contribution in [3.05, 3.63) is 17.7 Å². The summed E-state index contributed by atoms with van der Waals surface area (Å²) >= 11 is 0. The maximum absolute atomic E-state index is 12.8. The predicted molar refractivity (Wildman–Crippen MR) is 62.5 cm³/mol. The van der Waals surface area contributed by atoms with Gasteiger partial charge in [0.1, 0.15) is 5.82 Å². The second-order valence-corrected chi connectivity index (χ2v) is 7.44. The molecule has 4 nitrogen and oxygen atoms in total. The molecule has 2 N–H and O–H groups in total. The highest BCUT2D eigenvalue weighted by Crippen LogP contribution is 3.09. The van der Waals surface area contributed by atoms with Gasteiger partial charge in [-0.1, -0.05) is 0 Å². The zero-order valence-electron chi connectivity index (χ0n) is 11.1. The van der Waals surface area contributed by atoms with Crippen LogP contribution in [0, 0.1) is 40.9 Å². The molecule has 0 atom stereocenters. The number of hydrogen-bond acceptors (Lipinski definition) is 2. The molecule has 0 aliphatic heterocycles. The number of aromatic nitrogens is 2. The summed E-state index contributed by atoms with van der Waals surface area (Å²) in [6.45, 7) is 0. The molecule has 0 aromatic carbocycles. The Morgan fingerprint density at radius 1 is 1.24 bits per heavy atom. The van der Waals surface area contributed by atoms with E-state index in [0.29, 0.717) is 41.3 Å². The molecule has 0 bridgehead atoms. The smallest absolute Gasteiger partial charge is 0.369 e. The van der Waals surface area contributed by atoms with Crippen LogP contribution in [0.15, 0.2) is 6.20 Å². The fourth-order valence-electron chi connectivity index (χ4n) is 7.47. The molecule has 0 unspecified atom stereocenters. The zero-order valence-corrected chi connectivity index (χ0v) is 11.1. The Kier molecular flexibility index (Phi) is 1.27. The highest BCUT2D eigenvalue weighted by Gasteiger charge is 3.12. The molecule has 0 saturated heterocycles. The fraction of sp³-hybridized carbons (Fsp3) is 0.714. The van der Waals surface area contributed by atoms with Crippen molar-refractivity contribution in [2.45, 2.75) is 11.6 Å². The van der Waals surface area contributed by atoms with Crippen LogP contribution in [-0.4, -0.2) is 15.5 Å². The maximum atomic E-state index is 12.8. The number of imidazole rings is 1. The SMILES string of the molecule is Cn1cc(C(F)(F)F)nc1C12C3C4C1C1C2C3C41C(N)=O. The van der Waals surface area contributed by atoms with Crippen molar-refractivity contribution in [2.24, 2.45) is 53.7 Å².